The van der Waals surface area contributed by atoms with Crippen LogP contribution in [-0.2, 0) is 6.54 Å². The van der Waals surface area contributed by atoms with Crippen molar-refractivity contribution < 1.29 is 4.79 Å². The van der Waals surface area contributed by atoms with Crippen molar-refractivity contribution in [3.05, 3.63) is 51.6 Å². The van der Waals surface area contributed by atoms with E-state index in [1.807, 2.05) is 18.4 Å². The number of halogens is 2. The molecular weight excluding hydrogens is 355 g/mol. The van der Waals surface area contributed by atoms with Crippen LogP contribution >= 0.6 is 34.5 Å². The smallest absolute Gasteiger partial charge is 0.277 e. The van der Waals surface area contributed by atoms with Crippen LogP contribution in [0.15, 0.2) is 35.8 Å². The lowest BCUT2D eigenvalue weighted by Crippen LogP contribution is -2.13. The zero-order chi connectivity index (χ0) is 16.4. The van der Waals surface area contributed by atoms with E-state index in [-0.39, 0.29) is 5.91 Å². The molecule has 0 atom stereocenters. The van der Waals surface area contributed by atoms with Crippen molar-refractivity contribution in [2.24, 2.45) is 0 Å². The van der Waals surface area contributed by atoms with E-state index in [1.165, 1.54) is 11.3 Å². The molecular formula is C15H12Cl2N4OS. The van der Waals surface area contributed by atoms with Gasteiger partial charge in [-0.3, -0.25) is 14.8 Å². The Morgan fingerprint density at radius 3 is 2.83 bits per heavy atom. The number of aromatic nitrogens is 3. The van der Waals surface area contributed by atoms with Crippen LogP contribution in [0.25, 0.3) is 11.3 Å². The summed E-state index contributed by atoms with van der Waals surface area (Å²) in [5, 5.41) is 10.2. The molecule has 1 N–H and O–H groups in total. The van der Waals surface area contributed by atoms with E-state index < -0.39 is 0 Å². The van der Waals surface area contributed by atoms with Gasteiger partial charge in [-0.2, -0.15) is 5.10 Å². The normalized spacial score (nSPS) is 10.7. The minimum atomic E-state index is -0.285. The summed E-state index contributed by atoms with van der Waals surface area (Å²) < 4.78 is 1.69. The lowest BCUT2D eigenvalue weighted by Gasteiger charge is -2.00. The van der Waals surface area contributed by atoms with Crippen LogP contribution in [-0.4, -0.2) is 20.7 Å². The second-order valence-corrected chi connectivity index (χ2v) is 6.35. The Balaban J connectivity index is 1.76. The highest BCUT2D eigenvalue weighted by molar-refractivity contribution is 7.14. The van der Waals surface area contributed by atoms with Crippen LogP contribution < -0.4 is 5.32 Å². The van der Waals surface area contributed by atoms with Crippen LogP contribution in [0, 0.1) is 0 Å². The zero-order valence-corrected chi connectivity index (χ0v) is 14.4. The van der Waals surface area contributed by atoms with Gasteiger partial charge in [0.25, 0.3) is 5.91 Å². The summed E-state index contributed by atoms with van der Waals surface area (Å²) in [6, 6.07) is 6.96. The van der Waals surface area contributed by atoms with Crippen molar-refractivity contribution >= 4 is 45.6 Å². The predicted octanol–water partition coefficient (Wildman–Crippen LogP) is 4.59. The maximum absolute atomic E-state index is 12.1. The second kappa shape index (κ2) is 6.70. The zero-order valence-electron chi connectivity index (χ0n) is 12.1. The van der Waals surface area contributed by atoms with E-state index in [4.69, 9.17) is 23.2 Å². The van der Waals surface area contributed by atoms with Gasteiger partial charge in [0.05, 0.1) is 15.7 Å². The summed E-state index contributed by atoms with van der Waals surface area (Å²) >= 11 is 13.3. The third kappa shape index (κ3) is 3.55. The van der Waals surface area contributed by atoms with Gasteiger partial charge >= 0.3 is 0 Å². The maximum Gasteiger partial charge on any atom is 0.277 e. The van der Waals surface area contributed by atoms with Crippen molar-refractivity contribution in [3.8, 4) is 11.3 Å². The van der Waals surface area contributed by atoms with Gasteiger partial charge in [-0.05, 0) is 25.1 Å². The van der Waals surface area contributed by atoms with E-state index in [0.29, 0.717) is 27.4 Å². The van der Waals surface area contributed by atoms with Crippen LogP contribution in [0.2, 0.25) is 10.0 Å². The van der Waals surface area contributed by atoms with Gasteiger partial charge in [0.1, 0.15) is 0 Å². The van der Waals surface area contributed by atoms with Gasteiger partial charge in [-0.1, -0.05) is 29.3 Å². The molecule has 0 spiro atoms. The molecule has 0 saturated carbocycles. The van der Waals surface area contributed by atoms with Crippen molar-refractivity contribution in [1.82, 2.24) is 14.8 Å². The van der Waals surface area contributed by atoms with Gasteiger partial charge < -0.3 is 0 Å². The first-order valence-electron chi connectivity index (χ1n) is 6.82. The SMILES string of the molecule is CCn1ccc(C(=O)Nc2nc(-c3ccc(Cl)c(Cl)c3)cs2)n1. The molecule has 3 rings (SSSR count). The number of nitrogens with zero attached hydrogens (tertiary/aromatic N) is 3. The number of hydrogen-bond donors (Lipinski definition) is 1. The summed E-state index contributed by atoms with van der Waals surface area (Å²) in [5.74, 6) is -0.285. The summed E-state index contributed by atoms with van der Waals surface area (Å²) in [6.07, 6.45) is 1.76. The standard InChI is InChI=1S/C15H12Cl2N4OS/c1-2-21-6-5-12(20-21)14(22)19-15-18-13(8-23-15)9-3-4-10(16)11(17)7-9/h3-8H,2H2,1H3,(H,18,19,22). The van der Waals surface area contributed by atoms with Crippen LogP contribution in [0.4, 0.5) is 5.13 Å². The molecule has 2 heterocycles. The number of nitrogens with one attached hydrogen (secondary N) is 1. The van der Waals surface area contributed by atoms with Gasteiger partial charge in [0.2, 0.25) is 0 Å². The third-order valence-electron chi connectivity index (χ3n) is 3.14. The average molecular weight is 367 g/mol. The Bertz CT molecular complexity index is 859. The molecule has 118 valence electrons. The molecule has 0 bridgehead atoms. The Labute approximate surface area is 146 Å². The molecule has 23 heavy (non-hydrogen) atoms. The van der Waals surface area contributed by atoms with Gasteiger partial charge in [-0.25, -0.2) is 4.98 Å². The van der Waals surface area contributed by atoms with Gasteiger partial charge in [0.15, 0.2) is 10.8 Å². The van der Waals surface area contributed by atoms with Crippen molar-refractivity contribution in [2.45, 2.75) is 13.5 Å². The fourth-order valence-electron chi connectivity index (χ4n) is 1.94. The Morgan fingerprint density at radius 1 is 1.30 bits per heavy atom. The van der Waals surface area contributed by atoms with Crippen molar-refractivity contribution in [1.29, 1.82) is 0 Å². The van der Waals surface area contributed by atoms with Crippen molar-refractivity contribution in [3.63, 3.8) is 0 Å². The van der Waals surface area contributed by atoms with E-state index in [0.717, 1.165) is 11.3 Å². The molecule has 1 aromatic carbocycles. The van der Waals surface area contributed by atoms with Gasteiger partial charge in [-0.15, -0.1) is 11.3 Å². The predicted molar refractivity (Wildman–Crippen MR) is 93.4 cm³/mol. The highest BCUT2D eigenvalue weighted by Gasteiger charge is 2.13. The number of hydrogen-bond acceptors (Lipinski definition) is 4. The van der Waals surface area contributed by atoms with Crippen LogP contribution in [0.1, 0.15) is 17.4 Å². The van der Waals surface area contributed by atoms with Crippen LogP contribution in [0.5, 0.6) is 0 Å². The van der Waals surface area contributed by atoms with E-state index in [1.54, 1.807) is 29.1 Å². The number of carbonyl (C=O) groups excluding carboxylic acids is 1. The number of thiazole rings is 1. The molecule has 3 aromatic rings. The largest absolute Gasteiger partial charge is 0.296 e. The van der Waals surface area contributed by atoms with E-state index >= 15 is 0 Å². The molecule has 0 aliphatic rings. The quantitative estimate of drug-likeness (QED) is 0.734. The number of amides is 1. The Hall–Kier alpha value is -1.89. The lowest BCUT2D eigenvalue weighted by atomic mass is 10.2. The first kappa shape index (κ1) is 16.0. The first-order valence-corrected chi connectivity index (χ1v) is 8.46. The highest BCUT2D eigenvalue weighted by Crippen LogP contribution is 2.30. The fraction of sp³-hybridized carbons (Fsp3) is 0.133. The molecule has 0 fully saturated rings. The molecule has 2 aromatic heterocycles. The lowest BCUT2D eigenvalue weighted by molar-refractivity contribution is 0.102. The summed E-state index contributed by atoms with van der Waals surface area (Å²) in [6.45, 7) is 2.67. The molecule has 0 unspecified atom stereocenters. The van der Waals surface area contributed by atoms with E-state index in [9.17, 15) is 4.79 Å². The summed E-state index contributed by atoms with van der Waals surface area (Å²) in [4.78, 5) is 16.5. The summed E-state index contributed by atoms with van der Waals surface area (Å²) in [7, 11) is 0. The number of carbonyl (C=O) groups is 1. The molecule has 0 radical (unpaired) electrons. The number of rotatable bonds is 4. The number of aryl methyl sites for hydroxylation is 1. The Kier molecular flexibility index (Phi) is 4.66. The monoisotopic (exact) mass is 366 g/mol. The topological polar surface area (TPSA) is 59.8 Å². The Morgan fingerprint density at radius 2 is 2.13 bits per heavy atom. The number of anilines is 1. The molecule has 5 nitrogen and oxygen atoms in total. The minimum absolute atomic E-state index is 0.285. The van der Waals surface area contributed by atoms with E-state index in [2.05, 4.69) is 15.4 Å². The van der Waals surface area contributed by atoms with Crippen molar-refractivity contribution in [2.75, 3.05) is 5.32 Å². The highest BCUT2D eigenvalue weighted by atomic mass is 35.5. The maximum atomic E-state index is 12.1. The molecule has 0 saturated heterocycles. The third-order valence-corrected chi connectivity index (χ3v) is 4.63. The molecule has 8 heteroatoms. The first-order chi connectivity index (χ1) is 11.1. The average Bonchev–Trinajstić information content (AvgIpc) is 3.19. The van der Waals surface area contributed by atoms with Gasteiger partial charge in [0, 0.05) is 23.7 Å². The molecule has 0 aliphatic heterocycles. The summed E-state index contributed by atoms with van der Waals surface area (Å²) in [5.41, 5.74) is 1.92. The van der Waals surface area contributed by atoms with Crippen LogP contribution in [0.3, 0.4) is 0 Å². The molecule has 0 aliphatic carbocycles. The minimum Gasteiger partial charge on any atom is -0.296 e. The molecule has 1 amide bonds. The number of benzene rings is 1. The second-order valence-electron chi connectivity index (χ2n) is 4.68. The fourth-order valence-corrected chi connectivity index (χ4v) is 2.95.